The van der Waals surface area contributed by atoms with E-state index in [1.807, 2.05) is 42.5 Å². The highest BCUT2D eigenvalue weighted by Gasteiger charge is 2.10. The Morgan fingerprint density at radius 1 is 1.19 bits per heavy atom. The summed E-state index contributed by atoms with van der Waals surface area (Å²) in [6, 6.07) is 15.3. The highest BCUT2D eigenvalue weighted by molar-refractivity contribution is 5.79. The van der Waals surface area contributed by atoms with Crippen LogP contribution in [0.25, 0.3) is 22.4 Å². The van der Waals surface area contributed by atoms with E-state index in [9.17, 15) is 0 Å². The monoisotopic (exact) mass is 279 g/mol. The van der Waals surface area contributed by atoms with E-state index >= 15 is 0 Å². The number of methoxy groups -OCH3 is 1. The summed E-state index contributed by atoms with van der Waals surface area (Å²) in [5.41, 5.74) is 2.76. The van der Waals surface area contributed by atoms with E-state index in [0.717, 1.165) is 22.4 Å². The molecule has 0 amide bonds. The van der Waals surface area contributed by atoms with Gasteiger partial charge in [0, 0.05) is 5.56 Å². The molecule has 1 N–H and O–H groups in total. The van der Waals surface area contributed by atoms with Gasteiger partial charge in [-0.05, 0) is 30.3 Å². The van der Waals surface area contributed by atoms with E-state index in [1.54, 1.807) is 13.2 Å². The van der Waals surface area contributed by atoms with E-state index in [-0.39, 0.29) is 6.61 Å². The molecule has 5 heteroatoms. The van der Waals surface area contributed by atoms with Crippen LogP contribution in [0.15, 0.2) is 42.5 Å². The van der Waals surface area contributed by atoms with Crippen molar-refractivity contribution in [1.29, 1.82) is 5.26 Å². The summed E-state index contributed by atoms with van der Waals surface area (Å²) in [6.45, 7) is -0.0278. The molecule has 0 aliphatic heterocycles. The van der Waals surface area contributed by atoms with Crippen molar-refractivity contribution in [2.45, 2.75) is 0 Å². The number of hydrogen-bond acceptors (Lipinski definition) is 4. The highest BCUT2D eigenvalue weighted by Crippen LogP contribution is 2.32. The maximum Gasteiger partial charge on any atom is 0.174 e. The van der Waals surface area contributed by atoms with Gasteiger partial charge in [0.1, 0.15) is 11.9 Å². The zero-order chi connectivity index (χ0) is 14.7. The quantitative estimate of drug-likeness (QED) is 0.796. The first-order valence-electron chi connectivity index (χ1n) is 6.44. The third kappa shape index (κ3) is 2.51. The average Bonchev–Trinajstić information content (AvgIpc) is 2.96. The van der Waals surface area contributed by atoms with Crippen LogP contribution in [0.1, 0.15) is 0 Å². The Morgan fingerprint density at radius 3 is 2.81 bits per heavy atom. The fraction of sp³-hybridized carbons (Fsp3) is 0.125. The zero-order valence-corrected chi connectivity index (χ0v) is 11.5. The van der Waals surface area contributed by atoms with Crippen molar-refractivity contribution >= 4 is 11.0 Å². The number of nitrogens with one attached hydrogen (secondary N) is 1. The van der Waals surface area contributed by atoms with Gasteiger partial charge in [0.05, 0.1) is 18.1 Å². The van der Waals surface area contributed by atoms with Gasteiger partial charge in [-0.25, -0.2) is 4.98 Å². The largest absolute Gasteiger partial charge is 0.493 e. The van der Waals surface area contributed by atoms with E-state index in [4.69, 9.17) is 14.7 Å². The molecular weight excluding hydrogens is 266 g/mol. The summed E-state index contributed by atoms with van der Waals surface area (Å²) in [4.78, 5) is 7.80. The van der Waals surface area contributed by atoms with Gasteiger partial charge in [-0.1, -0.05) is 12.1 Å². The number of aromatic amines is 1. The Morgan fingerprint density at radius 2 is 2.05 bits per heavy atom. The number of H-pyrrole nitrogens is 1. The molecule has 0 aliphatic rings. The molecule has 2 aromatic carbocycles. The molecule has 0 atom stereocenters. The van der Waals surface area contributed by atoms with Gasteiger partial charge >= 0.3 is 0 Å². The van der Waals surface area contributed by atoms with Crippen LogP contribution < -0.4 is 9.47 Å². The van der Waals surface area contributed by atoms with Crippen molar-refractivity contribution in [2.75, 3.05) is 13.7 Å². The topological polar surface area (TPSA) is 70.9 Å². The van der Waals surface area contributed by atoms with E-state index in [1.165, 1.54) is 0 Å². The number of ether oxygens (including phenoxy) is 2. The minimum atomic E-state index is -0.0278. The van der Waals surface area contributed by atoms with Crippen molar-refractivity contribution in [3.63, 3.8) is 0 Å². The van der Waals surface area contributed by atoms with Crippen LogP contribution in [0.3, 0.4) is 0 Å². The number of para-hydroxylation sites is 2. The zero-order valence-electron chi connectivity index (χ0n) is 11.5. The van der Waals surface area contributed by atoms with Gasteiger partial charge in [-0.2, -0.15) is 5.26 Å². The highest BCUT2D eigenvalue weighted by atomic mass is 16.5. The lowest BCUT2D eigenvalue weighted by atomic mass is 10.2. The number of nitrogens with zero attached hydrogens (tertiary/aromatic N) is 2. The second-order valence-electron chi connectivity index (χ2n) is 4.41. The van der Waals surface area contributed by atoms with Crippen molar-refractivity contribution in [3.05, 3.63) is 42.5 Å². The van der Waals surface area contributed by atoms with E-state index < -0.39 is 0 Å². The molecule has 3 aromatic rings. The molecule has 5 nitrogen and oxygen atoms in total. The predicted octanol–water partition coefficient (Wildman–Crippen LogP) is 3.14. The second-order valence-corrected chi connectivity index (χ2v) is 4.41. The van der Waals surface area contributed by atoms with Crippen LogP contribution in [0, 0.1) is 11.3 Å². The van der Waals surface area contributed by atoms with Gasteiger partial charge in [-0.15, -0.1) is 0 Å². The van der Waals surface area contributed by atoms with Crippen molar-refractivity contribution in [2.24, 2.45) is 0 Å². The SMILES string of the molecule is COc1ccc(-c2nc3ccccc3[nH]2)cc1OCC#N. The summed E-state index contributed by atoms with van der Waals surface area (Å²) >= 11 is 0. The number of nitriles is 1. The van der Waals surface area contributed by atoms with Crippen molar-refractivity contribution in [3.8, 4) is 29.0 Å². The van der Waals surface area contributed by atoms with Crippen molar-refractivity contribution in [1.82, 2.24) is 9.97 Å². The summed E-state index contributed by atoms with van der Waals surface area (Å²) in [5.74, 6) is 1.86. The summed E-state index contributed by atoms with van der Waals surface area (Å²) < 4.78 is 10.6. The van der Waals surface area contributed by atoms with Crippen molar-refractivity contribution < 1.29 is 9.47 Å². The molecule has 0 saturated carbocycles. The minimum absolute atomic E-state index is 0.0278. The second kappa shape index (κ2) is 5.55. The lowest BCUT2D eigenvalue weighted by Gasteiger charge is -2.09. The normalized spacial score (nSPS) is 10.3. The fourth-order valence-electron chi connectivity index (χ4n) is 2.14. The maximum atomic E-state index is 8.64. The smallest absolute Gasteiger partial charge is 0.174 e. The van der Waals surface area contributed by atoms with Crippen LogP contribution in [0.5, 0.6) is 11.5 Å². The molecule has 3 rings (SSSR count). The molecule has 0 saturated heterocycles. The first-order chi connectivity index (χ1) is 10.3. The predicted molar refractivity (Wildman–Crippen MR) is 79.2 cm³/mol. The van der Waals surface area contributed by atoms with Gasteiger partial charge in [-0.3, -0.25) is 0 Å². The van der Waals surface area contributed by atoms with Gasteiger partial charge < -0.3 is 14.5 Å². The number of hydrogen-bond donors (Lipinski definition) is 1. The molecule has 0 aliphatic carbocycles. The third-order valence-corrected chi connectivity index (χ3v) is 3.12. The lowest BCUT2D eigenvalue weighted by molar-refractivity contribution is 0.330. The number of imidazole rings is 1. The van der Waals surface area contributed by atoms with Crippen LogP contribution in [-0.2, 0) is 0 Å². The molecule has 21 heavy (non-hydrogen) atoms. The Balaban J connectivity index is 2.03. The van der Waals surface area contributed by atoms with Gasteiger partial charge in [0.25, 0.3) is 0 Å². The Bertz CT molecular complexity index is 785. The Labute approximate surface area is 121 Å². The number of benzene rings is 2. The van der Waals surface area contributed by atoms with Crippen LogP contribution in [0.2, 0.25) is 0 Å². The van der Waals surface area contributed by atoms with Crippen LogP contribution >= 0.6 is 0 Å². The number of fused-ring (bicyclic) bond motifs is 1. The Hall–Kier alpha value is -3.00. The third-order valence-electron chi connectivity index (χ3n) is 3.12. The molecule has 0 unspecified atom stereocenters. The van der Waals surface area contributed by atoms with E-state index in [2.05, 4.69) is 9.97 Å². The van der Waals surface area contributed by atoms with Gasteiger partial charge in [0.2, 0.25) is 0 Å². The molecule has 0 fully saturated rings. The fourth-order valence-corrected chi connectivity index (χ4v) is 2.14. The van der Waals surface area contributed by atoms with Crippen LogP contribution in [-0.4, -0.2) is 23.7 Å². The molecule has 0 spiro atoms. The van der Waals surface area contributed by atoms with Gasteiger partial charge in [0.15, 0.2) is 18.1 Å². The molecule has 0 bridgehead atoms. The Kier molecular flexibility index (Phi) is 3.44. The first kappa shape index (κ1) is 13.0. The molecule has 0 radical (unpaired) electrons. The molecular formula is C16H13N3O2. The summed E-state index contributed by atoms with van der Waals surface area (Å²) in [6.07, 6.45) is 0. The first-order valence-corrected chi connectivity index (χ1v) is 6.44. The van der Waals surface area contributed by atoms with E-state index in [0.29, 0.717) is 11.5 Å². The lowest BCUT2D eigenvalue weighted by Crippen LogP contribution is -1.97. The maximum absolute atomic E-state index is 8.64. The minimum Gasteiger partial charge on any atom is -0.493 e. The molecule has 1 aromatic heterocycles. The molecule has 1 heterocycles. The summed E-state index contributed by atoms with van der Waals surface area (Å²) in [7, 11) is 1.56. The summed E-state index contributed by atoms with van der Waals surface area (Å²) in [5, 5.41) is 8.64. The molecule has 104 valence electrons. The number of rotatable bonds is 4. The number of aromatic nitrogens is 2. The average molecular weight is 279 g/mol. The van der Waals surface area contributed by atoms with Crippen LogP contribution in [0.4, 0.5) is 0 Å². The standard InChI is InChI=1S/C16H13N3O2/c1-20-14-7-6-11(10-15(14)21-9-8-17)16-18-12-4-2-3-5-13(12)19-16/h2-7,10H,9H2,1H3,(H,18,19).